The van der Waals surface area contributed by atoms with Gasteiger partial charge in [-0.1, -0.05) is 44.0 Å². The molecular formula is C41H42Cl2N8O10S2. The summed E-state index contributed by atoms with van der Waals surface area (Å²) in [6, 6.07) is 16.2. The van der Waals surface area contributed by atoms with E-state index in [9.17, 15) is 36.3 Å². The Morgan fingerprint density at radius 3 is 1.51 bits per heavy atom. The van der Waals surface area contributed by atoms with Gasteiger partial charge in [-0.25, -0.2) is 49.1 Å². The molecule has 6 aromatic heterocycles. The average Bonchev–Trinajstić information content (AvgIpc) is 3.86. The second-order valence-corrected chi connectivity index (χ2v) is 18.7. The lowest BCUT2D eigenvalue weighted by Crippen LogP contribution is -2.36. The van der Waals surface area contributed by atoms with E-state index in [2.05, 4.69) is 25.3 Å². The molecule has 4 N–H and O–H groups in total. The molecule has 18 nitrogen and oxygen atoms in total. The fourth-order valence-electron chi connectivity index (χ4n) is 5.68. The molecule has 0 fully saturated rings. The van der Waals surface area contributed by atoms with E-state index in [1.807, 2.05) is 20.8 Å². The predicted octanol–water partition coefficient (Wildman–Crippen LogP) is 6.63. The first-order valence-electron chi connectivity index (χ1n) is 18.4. The molecule has 0 aromatic carbocycles. The SMILES string of the molecule is CC(C)(C)CN(Cc1cc(-c2cccnc2Cl)n(S(=O)(=O)c2cccnc2)c1)C(=O)O.CNCc1cc(-c2cccnc2Cl)n(S(=O)(=O)c2cccnc2)c1.O=C(O)C=CC(=O)O. The van der Waals surface area contributed by atoms with Crippen LogP contribution in [0.1, 0.15) is 31.9 Å². The van der Waals surface area contributed by atoms with Gasteiger partial charge in [0, 0.05) is 85.9 Å². The van der Waals surface area contributed by atoms with Gasteiger partial charge in [0.25, 0.3) is 20.0 Å². The van der Waals surface area contributed by atoms with Crippen molar-refractivity contribution in [3.8, 4) is 22.5 Å². The van der Waals surface area contributed by atoms with Crippen molar-refractivity contribution in [1.29, 1.82) is 0 Å². The number of carbonyl (C=O) groups is 3. The standard InChI is InChI=1S/C21H23ClN4O4S.C16H15ClN4O2S.C4H4O4/c1-21(2,3)14-25(20(27)28)12-15-10-18(17-7-5-9-24-19(17)22)26(13-15)31(29,30)16-6-4-8-23-11-16;1-18-9-12-8-15(14-5-3-7-20-16(14)17)21(11-12)24(22,23)13-4-2-6-19-10-13;5-3(6)1-2-4(7)8/h4-11,13H,12,14H2,1-3H3,(H,27,28);2-8,10-11,18H,9H2,1H3;1-2H,(H,5,6)(H,7,8). The lowest BCUT2D eigenvalue weighted by Gasteiger charge is -2.27. The van der Waals surface area contributed by atoms with Crippen LogP contribution >= 0.6 is 23.2 Å². The van der Waals surface area contributed by atoms with Crippen LogP contribution in [0.15, 0.2) is 132 Å². The molecule has 0 aliphatic carbocycles. The fraction of sp³-hybridized carbons (Fsp3) is 0.195. The first kappa shape index (κ1) is 49.2. The number of carboxylic acids is 2. The summed E-state index contributed by atoms with van der Waals surface area (Å²) in [5, 5.41) is 28.7. The van der Waals surface area contributed by atoms with Gasteiger partial charge in [-0.3, -0.25) is 9.97 Å². The molecule has 332 valence electrons. The highest BCUT2D eigenvalue weighted by molar-refractivity contribution is 7.90. The molecule has 0 aliphatic heterocycles. The Morgan fingerprint density at radius 2 is 1.14 bits per heavy atom. The lowest BCUT2D eigenvalue weighted by molar-refractivity contribution is -0.134. The van der Waals surface area contributed by atoms with E-state index in [1.54, 1.807) is 61.9 Å². The van der Waals surface area contributed by atoms with Gasteiger partial charge in [-0.2, -0.15) is 0 Å². The highest BCUT2D eigenvalue weighted by Crippen LogP contribution is 2.33. The van der Waals surface area contributed by atoms with Gasteiger partial charge in [-0.15, -0.1) is 0 Å². The molecular weight excluding hydrogens is 900 g/mol. The maximum atomic E-state index is 13.3. The third kappa shape index (κ3) is 13.5. The Hall–Kier alpha value is -6.45. The van der Waals surface area contributed by atoms with Crippen LogP contribution < -0.4 is 5.32 Å². The van der Waals surface area contributed by atoms with E-state index in [4.69, 9.17) is 33.4 Å². The summed E-state index contributed by atoms with van der Waals surface area (Å²) in [6.45, 7) is 6.63. The molecule has 0 unspecified atom stereocenters. The van der Waals surface area contributed by atoms with Crippen LogP contribution in [-0.2, 0) is 42.7 Å². The third-order valence-corrected chi connectivity index (χ3v) is 12.1. The molecule has 63 heavy (non-hydrogen) atoms. The van der Waals surface area contributed by atoms with Gasteiger partial charge in [-0.05, 0) is 84.3 Å². The Bertz CT molecular complexity index is 2780. The molecule has 0 bridgehead atoms. The summed E-state index contributed by atoms with van der Waals surface area (Å²) in [6.07, 6.45) is 11.7. The molecule has 6 heterocycles. The summed E-state index contributed by atoms with van der Waals surface area (Å²) in [5.74, 6) is -2.51. The highest BCUT2D eigenvalue weighted by Gasteiger charge is 2.27. The van der Waals surface area contributed by atoms with Gasteiger partial charge in [0.1, 0.15) is 20.1 Å². The third-order valence-electron chi connectivity index (χ3n) is 8.20. The van der Waals surface area contributed by atoms with Crippen molar-refractivity contribution in [3.05, 3.63) is 144 Å². The number of rotatable bonds is 13. The van der Waals surface area contributed by atoms with Crippen LogP contribution in [0.4, 0.5) is 4.79 Å². The van der Waals surface area contributed by atoms with Crippen LogP contribution in [-0.4, -0.2) is 96.6 Å². The number of carboxylic acid groups (broad SMARTS) is 3. The molecule has 6 aromatic rings. The highest BCUT2D eigenvalue weighted by atomic mass is 35.5. The van der Waals surface area contributed by atoms with Gasteiger partial charge in [0.2, 0.25) is 0 Å². The van der Waals surface area contributed by atoms with E-state index in [0.717, 1.165) is 9.54 Å². The molecule has 22 heteroatoms. The zero-order valence-corrected chi connectivity index (χ0v) is 37.2. The van der Waals surface area contributed by atoms with Crippen molar-refractivity contribution in [2.24, 2.45) is 5.41 Å². The van der Waals surface area contributed by atoms with E-state index < -0.39 is 38.1 Å². The largest absolute Gasteiger partial charge is 0.478 e. The summed E-state index contributed by atoms with van der Waals surface area (Å²) in [5.41, 5.74) is 2.78. The number of aliphatic carboxylic acids is 2. The average molecular weight is 942 g/mol. The molecule has 0 radical (unpaired) electrons. The zero-order chi connectivity index (χ0) is 46.5. The Morgan fingerprint density at radius 1 is 0.714 bits per heavy atom. The fourth-order valence-corrected chi connectivity index (χ4v) is 8.82. The van der Waals surface area contributed by atoms with Crippen molar-refractivity contribution < 1.29 is 46.5 Å². The molecule has 0 spiro atoms. The van der Waals surface area contributed by atoms with E-state index in [-0.39, 0.29) is 44.3 Å². The molecule has 1 amide bonds. The first-order chi connectivity index (χ1) is 29.6. The van der Waals surface area contributed by atoms with Gasteiger partial charge in [0.05, 0.1) is 17.9 Å². The number of nitrogens with zero attached hydrogens (tertiary/aromatic N) is 7. The van der Waals surface area contributed by atoms with Crippen molar-refractivity contribution >= 4 is 61.3 Å². The molecule has 0 atom stereocenters. The monoisotopic (exact) mass is 940 g/mol. The second kappa shape index (κ2) is 21.6. The number of pyridine rings is 4. The topological polar surface area (TPSA) is 257 Å². The second-order valence-electron chi connectivity index (χ2n) is 14.4. The summed E-state index contributed by atoms with van der Waals surface area (Å²) < 4.78 is 55.0. The number of amides is 1. The molecule has 0 saturated heterocycles. The van der Waals surface area contributed by atoms with Crippen LogP contribution in [0, 0.1) is 5.41 Å². The van der Waals surface area contributed by atoms with Crippen LogP contribution in [0.3, 0.4) is 0 Å². The smallest absolute Gasteiger partial charge is 0.407 e. The Balaban J connectivity index is 0.000000241. The maximum absolute atomic E-state index is 13.3. The summed E-state index contributed by atoms with van der Waals surface area (Å²) >= 11 is 12.4. The van der Waals surface area contributed by atoms with E-state index in [1.165, 1.54) is 64.3 Å². The lowest BCUT2D eigenvalue weighted by atomic mass is 9.96. The Labute approximate surface area is 373 Å². The number of halogens is 2. The number of hydrogen-bond acceptors (Lipinski definition) is 12. The maximum Gasteiger partial charge on any atom is 0.407 e. The normalized spacial score (nSPS) is 11.5. The van der Waals surface area contributed by atoms with Gasteiger partial charge >= 0.3 is 18.0 Å². The molecule has 0 aliphatic rings. The zero-order valence-electron chi connectivity index (χ0n) is 34.1. The van der Waals surface area contributed by atoms with Crippen LogP contribution in [0.2, 0.25) is 10.3 Å². The Kier molecular flexibility index (Phi) is 16.8. The summed E-state index contributed by atoms with van der Waals surface area (Å²) in [4.78, 5) is 48.1. The first-order valence-corrected chi connectivity index (χ1v) is 22.0. The number of nitrogens with one attached hydrogen (secondary N) is 1. The number of aromatic nitrogens is 6. The quantitative estimate of drug-likeness (QED) is 0.0700. The van der Waals surface area contributed by atoms with Crippen molar-refractivity contribution in [2.75, 3.05) is 13.6 Å². The number of hydrogen-bond donors (Lipinski definition) is 4. The minimum atomic E-state index is -4.00. The molecule has 0 saturated carbocycles. The minimum absolute atomic E-state index is 0.00296. The van der Waals surface area contributed by atoms with E-state index >= 15 is 0 Å². The van der Waals surface area contributed by atoms with Gasteiger partial charge < -0.3 is 25.5 Å². The van der Waals surface area contributed by atoms with Gasteiger partial charge in [0.15, 0.2) is 0 Å². The van der Waals surface area contributed by atoms with E-state index in [0.29, 0.717) is 41.1 Å². The predicted molar refractivity (Wildman–Crippen MR) is 234 cm³/mol. The van der Waals surface area contributed by atoms with Crippen LogP contribution in [0.5, 0.6) is 0 Å². The minimum Gasteiger partial charge on any atom is -0.478 e. The molecule has 6 rings (SSSR count). The van der Waals surface area contributed by atoms with Crippen LogP contribution in [0.25, 0.3) is 22.5 Å². The van der Waals surface area contributed by atoms with Crippen molar-refractivity contribution in [1.82, 2.24) is 38.1 Å². The summed E-state index contributed by atoms with van der Waals surface area (Å²) in [7, 11) is -6.00. The van der Waals surface area contributed by atoms with Crippen molar-refractivity contribution in [3.63, 3.8) is 0 Å². The van der Waals surface area contributed by atoms with Crippen molar-refractivity contribution in [2.45, 2.75) is 43.7 Å².